The summed E-state index contributed by atoms with van der Waals surface area (Å²) in [6.45, 7) is 9.89. The van der Waals surface area contributed by atoms with E-state index in [0.29, 0.717) is 12.5 Å². The van der Waals surface area contributed by atoms with Crippen LogP contribution in [-0.2, 0) is 0 Å². The number of likely N-dealkylation sites (N-methyl/N-ethyl adjacent to an activating group) is 1. The maximum atomic E-state index is 5.55. The Hall–Kier alpha value is -1.09. The van der Waals surface area contributed by atoms with E-state index in [1.807, 2.05) is 40.1 Å². The van der Waals surface area contributed by atoms with Crippen molar-refractivity contribution in [1.29, 1.82) is 0 Å². The zero-order chi connectivity index (χ0) is 13.3. The van der Waals surface area contributed by atoms with Gasteiger partial charge in [0.2, 0.25) is 0 Å². The van der Waals surface area contributed by atoms with Gasteiger partial charge in [0.25, 0.3) is 0 Å². The SMILES string of the molecule is CC.CC(C)c1ccc(OCCN(C)C)cn1. The molecule has 17 heavy (non-hydrogen) atoms. The number of hydrogen-bond acceptors (Lipinski definition) is 3. The van der Waals surface area contributed by atoms with E-state index in [9.17, 15) is 0 Å². The lowest BCUT2D eigenvalue weighted by Crippen LogP contribution is -2.19. The fraction of sp³-hybridized carbons (Fsp3) is 0.643. The van der Waals surface area contributed by atoms with Crippen molar-refractivity contribution in [3.05, 3.63) is 24.0 Å². The number of nitrogens with zero attached hydrogens (tertiary/aromatic N) is 2. The summed E-state index contributed by atoms with van der Waals surface area (Å²) >= 11 is 0. The summed E-state index contributed by atoms with van der Waals surface area (Å²) in [5, 5.41) is 0. The van der Waals surface area contributed by atoms with Gasteiger partial charge >= 0.3 is 0 Å². The largest absolute Gasteiger partial charge is 0.491 e. The lowest BCUT2D eigenvalue weighted by molar-refractivity contribution is 0.260. The number of aromatic nitrogens is 1. The molecule has 0 aliphatic heterocycles. The highest BCUT2D eigenvalue weighted by atomic mass is 16.5. The number of rotatable bonds is 5. The van der Waals surface area contributed by atoms with Crippen LogP contribution in [0.15, 0.2) is 18.3 Å². The summed E-state index contributed by atoms with van der Waals surface area (Å²) in [6.07, 6.45) is 1.80. The van der Waals surface area contributed by atoms with Gasteiger partial charge < -0.3 is 9.64 Å². The minimum atomic E-state index is 0.473. The van der Waals surface area contributed by atoms with Crippen molar-refractivity contribution in [1.82, 2.24) is 9.88 Å². The molecule has 3 heteroatoms. The fourth-order valence-corrected chi connectivity index (χ4v) is 1.16. The Morgan fingerprint density at radius 3 is 2.29 bits per heavy atom. The van der Waals surface area contributed by atoms with Gasteiger partial charge in [-0.3, -0.25) is 4.98 Å². The molecule has 0 saturated carbocycles. The fourth-order valence-electron chi connectivity index (χ4n) is 1.16. The summed E-state index contributed by atoms with van der Waals surface area (Å²) in [5.74, 6) is 1.32. The highest BCUT2D eigenvalue weighted by Gasteiger charge is 2.00. The first-order valence-corrected chi connectivity index (χ1v) is 6.33. The van der Waals surface area contributed by atoms with Crippen LogP contribution in [0.2, 0.25) is 0 Å². The molecule has 0 aliphatic carbocycles. The maximum Gasteiger partial charge on any atom is 0.137 e. The zero-order valence-electron chi connectivity index (χ0n) is 12.0. The molecule has 0 aliphatic rings. The van der Waals surface area contributed by atoms with Crippen LogP contribution in [0.4, 0.5) is 0 Å². The minimum absolute atomic E-state index is 0.473. The van der Waals surface area contributed by atoms with Crippen molar-refractivity contribution in [3.63, 3.8) is 0 Å². The highest BCUT2D eigenvalue weighted by Crippen LogP contribution is 2.15. The first kappa shape index (κ1) is 15.9. The second kappa shape index (κ2) is 8.99. The molecule has 0 atom stereocenters. The monoisotopic (exact) mass is 238 g/mol. The molecular weight excluding hydrogens is 212 g/mol. The van der Waals surface area contributed by atoms with E-state index < -0.39 is 0 Å². The van der Waals surface area contributed by atoms with Gasteiger partial charge in [0, 0.05) is 12.2 Å². The van der Waals surface area contributed by atoms with E-state index in [2.05, 4.69) is 23.7 Å². The second-order valence-corrected chi connectivity index (χ2v) is 4.23. The third kappa shape index (κ3) is 6.95. The van der Waals surface area contributed by atoms with Crippen molar-refractivity contribution in [2.24, 2.45) is 0 Å². The molecule has 0 saturated heterocycles. The topological polar surface area (TPSA) is 25.4 Å². The zero-order valence-corrected chi connectivity index (χ0v) is 12.0. The highest BCUT2D eigenvalue weighted by molar-refractivity contribution is 5.21. The molecule has 0 unspecified atom stereocenters. The Morgan fingerprint density at radius 2 is 1.88 bits per heavy atom. The third-order valence-electron chi connectivity index (χ3n) is 2.16. The molecule has 3 nitrogen and oxygen atoms in total. The lowest BCUT2D eigenvalue weighted by Gasteiger charge is -2.11. The van der Waals surface area contributed by atoms with Crippen molar-refractivity contribution in [2.75, 3.05) is 27.2 Å². The summed E-state index contributed by atoms with van der Waals surface area (Å²) in [6, 6.07) is 4.01. The van der Waals surface area contributed by atoms with Crippen LogP contribution >= 0.6 is 0 Å². The molecule has 0 aromatic carbocycles. The average Bonchev–Trinajstić information content (AvgIpc) is 2.32. The predicted molar refractivity (Wildman–Crippen MR) is 73.7 cm³/mol. The molecule has 0 spiro atoms. The van der Waals surface area contributed by atoms with Gasteiger partial charge in [0.05, 0.1) is 6.20 Å². The quantitative estimate of drug-likeness (QED) is 0.788. The number of ether oxygens (including phenoxy) is 1. The van der Waals surface area contributed by atoms with Gasteiger partial charge in [-0.1, -0.05) is 27.7 Å². The summed E-state index contributed by atoms with van der Waals surface area (Å²) in [4.78, 5) is 6.43. The van der Waals surface area contributed by atoms with E-state index in [1.54, 1.807) is 6.20 Å². The van der Waals surface area contributed by atoms with Crippen LogP contribution < -0.4 is 4.74 Å². The van der Waals surface area contributed by atoms with E-state index in [-0.39, 0.29) is 0 Å². The summed E-state index contributed by atoms with van der Waals surface area (Å²) in [5.41, 5.74) is 1.11. The Kier molecular flexibility index (Phi) is 8.42. The molecule has 98 valence electrons. The maximum absolute atomic E-state index is 5.55. The van der Waals surface area contributed by atoms with E-state index >= 15 is 0 Å². The van der Waals surface area contributed by atoms with E-state index in [0.717, 1.165) is 18.0 Å². The minimum Gasteiger partial charge on any atom is -0.491 e. The molecule has 0 radical (unpaired) electrons. The van der Waals surface area contributed by atoms with E-state index in [1.165, 1.54) is 0 Å². The standard InChI is InChI=1S/C12H20N2O.C2H6/c1-10(2)12-6-5-11(9-13-12)15-8-7-14(3)4;1-2/h5-6,9-10H,7-8H2,1-4H3;1-2H3. The first-order valence-electron chi connectivity index (χ1n) is 6.33. The molecule has 1 aromatic heterocycles. The van der Waals surface area contributed by atoms with Crippen LogP contribution in [0.25, 0.3) is 0 Å². The van der Waals surface area contributed by atoms with E-state index in [4.69, 9.17) is 4.74 Å². The third-order valence-corrected chi connectivity index (χ3v) is 2.16. The van der Waals surface area contributed by atoms with Crippen molar-refractivity contribution in [3.8, 4) is 5.75 Å². The van der Waals surface area contributed by atoms with Crippen LogP contribution in [0.5, 0.6) is 5.75 Å². The molecule has 1 aromatic rings. The molecule has 1 heterocycles. The predicted octanol–water partition coefficient (Wildman–Crippen LogP) is 3.17. The van der Waals surface area contributed by atoms with Crippen molar-refractivity contribution in [2.45, 2.75) is 33.6 Å². The second-order valence-electron chi connectivity index (χ2n) is 4.23. The summed E-state index contributed by atoms with van der Waals surface area (Å²) < 4.78 is 5.55. The molecule has 1 rings (SSSR count). The Morgan fingerprint density at radius 1 is 1.24 bits per heavy atom. The van der Waals surface area contributed by atoms with Crippen LogP contribution in [0.3, 0.4) is 0 Å². The Balaban J connectivity index is 0.00000121. The van der Waals surface area contributed by atoms with Crippen LogP contribution in [0, 0.1) is 0 Å². The molecule has 0 amide bonds. The molecule has 0 fully saturated rings. The van der Waals surface area contributed by atoms with Gasteiger partial charge in [-0.2, -0.15) is 0 Å². The smallest absolute Gasteiger partial charge is 0.137 e. The van der Waals surface area contributed by atoms with Gasteiger partial charge in [0.1, 0.15) is 12.4 Å². The average molecular weight is 238 g/mol. The van der Waals surface area contributed by atoms with Crippen molar-refractivity contribution < 1.29 is 4.74 Å². The van der Waals surface area contributed by atoms with Crippen LogP contribution in [0.1, 0.15) is 39.3 Å². The number of hydrogen-bond donors (Lipinski definition) is 0. The van der Waals surface area contributed by atoms with Crippen molar-refractivity contribution >= 4 is 0 Å². The Labute approximate surface area is 106 Å². The number of pyridine rings is 1. The van der Waals surface area contributed by atoms with Gasteiger partial charge in [0.15, 0.2) is 0 Å². The van der Waals surface area contributed by atoms with Gasteiger partial charge in [-0.05, 0) is 32.1 Å². The molecule has 0 bridgehead atoms. The first-order chi connectivity index (χ1) is 8.09. The Bertz CT molecular complexity index is 281. The molecule has 0 N–H and O–H groups in total. The van der Waals surface area contributed by atoms with Gasteiger partial charge in [-0.15, -0.1) is 0 Å². The van der Waals surface area contributed by atoms with Gasteiger partial charge in [-0.25, -0.2) is 0 Å². The normalized spacial score (nSPS) is 10.1. The molecular formula is C14H26N2O. The lowest BCUT2D eigenvalue weighted by atomic mass is 10.1. The summed E-state index contributed by atoms with van der Waals surface area (Å²) in [7, 11) is 4.06. The van der Waals surface area contributed by atoms with Crippen LogP contribution in [-0.4, -0.2) is 37.1 Å².